The highest BCUT2D eigenvalue weighted by molar-refractivity contribution is 5.96. The summed E-state index contributed by atoms with van der Waals surface area (Å²) in [5.74, 6) is -1.45. The minimum absolute atomic E-state index is 0.0129. The zero-order valence-electron chi connectivity index (χ0n) is 19.7. The van der Waals surface area contributed by atoms with Gasteiger partial charge < -0.3 is 10.2 Å². The van der Waals surface area contributed by atoms with E-state index in [0.29, 0.717) is 11.1 Å². The largest absolute Gasteiger partial charge is 0.420 e. The molecule has 10 heteroatoms. The molecule has 5 aromatic rings. The number of fused-ring (bicyclic) bond motifs is 1. The average molecular weight is 498 g/mol. The number of oxazole rings is 1. The number of amides is 1. The number of nitrogens with two attached hydrogens (primary N) is 1. The van der Waals surface area contributed by atoms with Gasteiger partial charge in [-0.05, 0) is 23.3 Å². The monoisotopic (exact) mass is 497 g/mol. The van der Waals surface area contributed by atoms with E-state index in [1.807, 2.05) is 36.4 Å². The van der Waals surface area contributed by atoms with Gasteiger partial charge in [-0.1, -0.05) is 72.8 Å². The van der Waals surface area contributed by atoms with Crippen LogP contribution in [0.15, 0.2) is 104 Å². The summed E-state index contributed by atoms with van der Waals surface area (Å²) in [6.07, 6.45) is 0. The Hall–Kier alpha value is -5.12. The van der Waals surface area contributed by atoms with Crippen LogP contribution >= 0.6 is 0 Å². The first-order valence-electron chi connectivity index (χ1n) is 11.5. The lowest BCUT2D eigenvalue weighted by atomic mass is 10.2. The molecule has 0 aliphatic carbocycles. The zero-order chi connectivity index (χ0) is 25.9. The van der Waals surface area contributed by atoms with E-state index in [4.69, 9.17) is 10.2 Å². The number of benzene rings is 3. The molecule has 2 aromatic heterocycles. The molecule has 37 heavy (non-hydrogen) atoms. The maximum atomic E-state index is 13.7. The van der Waals surface area contributed by atoms with Crippen molar-refractivity contribution in [2.75, 3.05) is 10.6 Å². The molecule has 2 heterocycles. The molecule has 0 atom stereocenters. The summed E-state index contributed by atoms with van der Waals surface area (Å²) in [5, 5.41) is 0. The molecule has 1 amide bonds. The second kappa shape index (κ2) is 9.86. The van der Waals surface area contributed by atoms with Crippen molar-refractivity contribution in [2.24, 2.45) is 0 Å². The summed E-state index contributed by atoms with van der Waals surface area (Å²) in [6.45, 7) is -0.325. The van der Waals surface area contributed by atoms with E-state index in [0.717, 1.165) is 11.1 Å². The lowest BCUT2D eigenvalue weighted by molar-refractivity contribution is -0.119. The van der Waals surface area contributed by atoms with Gasteiger partial charge in [0.2, 0.25) is 5.91 Å². The van der Waals surface area contributed by atoms with E-state index < -0.39 is 29.5 Å². The highest BCUT2D eigenvalue weighted by atomic mass is 16.4. The van der Waals surface area contributed by atoms with E-state index >= 15 is 0 Å². The maximum Gasteiger partial charge on any atom is 0.420 e. The Morgan fingerprint density at radius 3 is 2.16 bits per heavy atom. The number of nitrogen functional groups attached to an aromatic ring is 1. The SMILES string of the molecule is Nc1c(N(Cc2ccccc2)C(=O)Cn2c(=O)oc3ccccc32)c(=O)[nH]c(=O)n1Cc1ccccc1. The number of hydrogen-bond acceptors (Lipinski definition) is 6. The molecule has 0 fully saturated rings. The number of anilines is 2. The van der Waals surface area contributed by atoms with E-state index in [-0.39, 0.29) is 24.6 Å². The molecule has 0 spiro atoms. The van der Waals surface area contributed by atoms with Crippen LogP contribution in [0.4, 0.5) is 11.5 Å². The molecule has 5 rings (SSSR count). The van der Waals surface area contributed by atoms with Gasteiger partial charge in [0.1, 0.15) is 12.4 Å². The summed E-state index contributed by atoms with van der Waals surface area (Å²) in [4.78, 5) is 55.4. The Bertz CT molecular complexity index is 1750. The summed E-state index contributed by atoms with van der Waals surface area (Å²) >= 11 is 0. The Morgan fingerprint density at radius 1 is 0.838 bits per heavy atom. The van der Waals surface area contributed by atoms with Crippen LogP contribution in [0.1, 0.15) is 11.1 Å². The van der Waals surface area contributed by atoms with E-state index in [1.54, 1.807) is 48.5 Å². The van der Waals surface area contributed by atoms with Gasteiger partial charge >= 0.3 is 11.4 Å². The van der Waals surface area contributed by atoms with Crippen molar-refractivity contribution in [1.82, 2.24) is 14.1 Å². The van der Waals surface area contributed by atoms with Crippen molar-refractivity contribution in [3.8, 4) is 0 Å². The molecule has 186 valence electrons. The smallest absolute Gasteiger partial charge is 0.408 e. The van der Waals surface area contributed by atoms with Crippen LogP contribution in [0.5, 0.6) is 0 Å². The van der Waals surface area contributed by atoms with Gasteiger partial charge in [0.25, 0.3) is 5.56 Å². The Kier molecular flexibility index (Phi) is 6.29. The van der Waals surface area contributed by atoms with Crippen LogP contribution in [0, 0.1) is 0 Å². The van der Waals surface area contributed by atoms with Crippen LogP contribution in [0.3, 0.4) is 0 Å². The van der Waals surface area contributed by atoms with Crippen molar-refractivity contribution in [1.29, 1.82) is 0 Å². The second-order valence-corrected chi connectivity index (χ2v) is 8.45. The molecule has 0 saturated heterocycles. The fourth-order valence-electron chi connectivity index (χ4n) is 4.20. The third kappa shape index (κ3) is 4.72. The molecule has 10 nitrogen and oxygen atoms in total. The molecule has 0 radical (unpaired) electrons. The van der Waals surface area contributed by atoms with E-state index in [1.165, 1.54) is 14.0 Å². The topological polar surface area (TPSA) is 136 Å². The van der Waals surface area contributed by atoms with Crippen molar-refractivity contribution >= 4 is 28.5 Å². The number of carbonyl (C=O) groups excluding carboxylic acids is 1. The Balaban J connectivity index is 1.60. The zero-order valence-corrected chi connectivity index (χ0v) is 19.7. The van der Waals surface area contributed by atoms with Gasteiger partial charge in [-0.3, -0.25) is 28.6 Å². The van der Waals surface area contributed by atoms with Crippen LogP contribution in [-0.4, -0.2) is 20.0 Å². The van der Waals surface area contributed by atoms with Gasteiger partial charge in [-0.15, -0.1) is 0 Å². The number of aromatic nitrogens is 3. The van der Waals surface area contributed by atoms with Crippen LogP contribution in [0.25, 0.3) is 11.1 Å². The molecule has 0 aliphatic heterocycles. The van der Waals surface area contributed by atoms with Crippen molar-refractivity contribution in [2.45, 2.75) is 19.6 Å². The van der Waals surface area contributed by atoms with Gasteiger partial charge in [-0.2, -0.15) is 0 Å². The third-order valence-electron chi connectivity index (χ3n) is 6.02. The molecule has 3 aromatic carbocycles. The van der Waals surface area contributed by atoms with Crippen LogP contribution < -0.4 is 27.6 Å². The molecule has 0 bridgehead atoms. The number of aromatic amines is 1. The van der Waals surface area contributed by atoms with Crippen molar-refractivity contribution in [3.05, 3.63) is 127 Å². The van der Waals surface area contributed by atoms with Gasteiger partial charge in [0.15, 0.2) is 11.3 Å². The third-order valence-corrected chi connectivity index (χ3v) is 6.02. The first-order valence-corrected chi connectivity index (χ1v) is 11.5. The van der Waals surface area contributed by atoms with E-state index in [2.05, 4.69) is 4.98 Å². The number of H-pyrrole nitrogens is 1. The standard InChI is InChI=1S/C27H23N5O5/c28-24-23(25(34)29-26(35)32(24)16-19-11-5-2-6-12-19)31(15-18-9-3-1-4-10-18)22(33)17-30-20-13-7-8-14-21(20)37-27(30)36/h1-14H,15-17,28H2,(H,29,34,35). The summed E-state index contributed by atoms with van der Waals surface area (Å²) in [5.41, 5.74) is 6.99. The molecule has 0 saturated carbocycles. The van der Waals surface area contributed by atoms with Gasteiger partial charge in [0, 0.05) is 0 Å². The van der Waals surface area contributed by atoms with E-state index in [9.17, 15) is 19.2 Å². The first-order chi connectivity index (χ1) is 17.9. The molecule has 3 N–H and O–H groups in total. The maximum absolute atomic E-state index is 13.7. The molecule has 0 unspecified atom stereocenters. The fraction of sp³-hybridized carbons (Fsp3) is 0.111. The lowest BCUT2D eigenvalue weighted by Gasteiger charge is -2.25. The van der Waals surface area contributed by atoms with Crippen molar-refractivity contribution in [3.63, 3.8) is 0 Å². The number of hydrogen-bond donors (Lipinski definition) is 2. The van der Waals surface area contributed by atoms with Crippen LogP contribution in [0.2, 0.25) is 0 Å². The minimum atomic E-state index is -0.805. The van der Waals surface area contributed by atoms with Gasteiger partial charge in [0.05, 0.1) is 18.6 Å². The predicted octanol–water partition coefficient (Wildman–Crippen LogP) is 2.31. The normalized spacial score (nSPS) is 11.0. The average Bonchev–Trinajstić information content (AvgIpc) is 3.21. The minimum Gasteiger partial charge on any atom is -0.408 e. The number of para-hydroxylation sites is 2. The molecule has 0 aliphatic rings. The van der Waals surface area contributed by atoms with Gasteiger partial charge in [-0.25, -0.2) is 9.59 Å². The Morgan fingerprint density at radius 2 is 1.46 bits per heavy atom. The molecular weight excluding hydrogens is 474 g/mol. The lowest BCUT2D eigenvalue weighted by Crippen LogP contribution is -2.42. The predicted molar refractivity (Wildman–Crippen MR) is 139 cm³/mol. The van der Waals surface area contributed by atoms with Crippen LogP contribution in [-0.2, 0) is 24.4 Å². The second-order valence-electron chi connectivity index (χ2n) is 8.45. The highest BCUT2D eigenvalue weighted by Gasteiger charge is 2.26. The van der Waals surface area contributed by atoms with Crippen molar-refractivity contribution < 1.29 is 9.21 Å². The Labute approximate surface area is 209 Å². The highest BCUT2D eigenvalue weighted by Crippen LogP contribution is 2.22. The fourth-order valence-corrected chi connectivity index (χ4v) is 4.20. The molecular formula is C27H23N5O5. The summed E-state index contributed by atoms with van der Waals surface area (Å²) in [7, 11) is 0. The first kappa shape index (κ1) is 23.6. The quantitative estimate of drug-likeness (QED) is 0.354. The number of rotatable bonds is 7. The number of nitrogens with one attached hydrogen (secondary N) is 1. The summed E-state index contributed by atoms with van der Waals surface area (Å²) in [6, 6.07) is 24.9. The summed E-state index contributed by atoms with van der Waals surface area (Å²) < 4.78 is 7.65. The number of carbonyl (C=O) groups is 1. The number of nitrogens with zero attached hydrogens (tertiary/aromatic N) is 3.